The molecule has 2 aromatic rings. The van der Waals surface area contributed by atoms with Gasteiger partial charge in [-0.15, -0.1) is 11.3 Å². The monoisotopic (exact) mass is 335 g/mol. The lowest BCUT2D eigenvalue weighted by molar-refractivity contribution is -0.136. The van der Waals surface area contributed by atoms with E-state index in [9.17, 15) is 4.79 Å². The maximum Gasteiger partial charge on any atom is 0.384 e. The van der Waals surface area contributed by atoms with Crippen LogP contribution in [0.5, 0.6) is 0 Å². The highest BCUT2D eigenvalue weighted by molar-refractivity contribution is 7.10. The Kier molecular flexibility index (Phi) is 5.31. The molecule has 1 aromatic carbocycles. The Morgan fingerprint density at radius 1 is 1.29 bits per heavy atom. The quantitative estimate of drug-likeness (QED) is 0.620. The molecule has 1 saturated carbocycles. The Morgan fingerprint density at radius 3 is 2.79 bits per heavy atom. The van der Waals surface area contributed by atoms with Crippen LogP contribution in [0.4, 0.5) is 0 Å². The zero-order valence-corrected chi connectivity index (χ0v) is 14.3. The second-order valence-electron chi connectivity index (χ2n) is 5.51. The first-order valence-corrected chi connectivity index (χ1v) is 8.89. The zero-order chi connectivity index (χ0) is 16.8. The predicted octanol–water partition coefficient (Wildman–Crippen LogP) is 3.73. The predicted molar refractivity (Wildman–Crippen MR) is 94.6 cm³/mol. The van der Waals surface area contributed by atoms with Crippen LogP contribution < -0.4 is 0 Å². The van der Waals surface area contributed by atoms with E-state index in [-0.39, 0.29) is 0 Å². The van der Waals surface area contributed by atoms with E-state index >= 15 is 0 Å². The Hall–Kier alpha value is -2.56. The van der Waals surface area contributed by atoms with Gasteiger partial charge in [0.15, 0.2) is 5.01 Å². The Bertz CT molecular complexity index is 857. The number of thiazole rings is 1. The van der Waals surface area contributed by atoms with Crippen LogP contribution in [0.2, 0.25) is 0 Å². The summed E-state index contributed by atoms with van der Waals surface area (Å²) in [4.78, 5) is 15.9. The fourth-order valence-electron chi connectivity index (χ4n) is 2.33. The van der Waals surface area contributed by atoms with E-state index in [1.54, 1.807) is 18.3 Å². The number of esters is 1. The van der Waals surface area contributed by atoms with E-state index < -0.39 is 5.97 Å². The van der Waals surface area contributed by atoms with Crippen molar-refractivity contribution in [3.05, 3.63) is 51.5 Å². The molecule has 0 saturated heterocycles. The minimum atomic E-state index is -0.514. The van der Waals surface area contributed by atoms with Gasteiger partial charge in [0.1, 0.15) is 0 Å². The molecule has 1 heterocycles. The van der Waals surface area contributed by atoms with Crippen LogP contribution in [0, 0.1) is 23.7 Å². The molecule has 0 radical (unpaired) electrons. The fraction of sp³-hybridized carbons (Fsp3) is 0.300. The summed E-state index contributed by atoms with van der Waals surface area (Å²) in [6.07, 6.45) is 3.80. The van der Waals surface area contributed by atoms with E-state index in [1.165, 1.54) is 25.0 Å². The first-order chi connectivity index (χ1) is 11.7. The largest absolute Gasteiger partial charge is 0.456 e. The van der Waals surface area contributed by atoms with Gasteiger partial charge in [-0.25, -0.2) is 9.78 Å². The third-order valence-electron chi connectivity index (χ3n) is 3.81. The van der Waals surface area contributed by atoms with E-state index in [2.05, 4.69) is 34.0 Å². The first-order valence-electron chi connectivity index (χ1n) is 8.01. The average Bonchev–Trinajstić information content (AvgIpc) is 2.98. The normalized spacial score (nSPS) is 13.0. The summed E-state index contributed by atoms with van der Waals surface area (Å²) in [5.74, 6) is 11.6. The van der Waals surface area contributed by atoms with Crippen molar-refractivity contribution in [2.75, 3.05) is 6.61 Å². The van der Waals surface area contributed by atoms with Crippen molar-refractivity contribution < 1.29 is 9.53 Å². The van der Waals surface area contributed by atoms with Crippen LogP contribution in [0.15, 0.2) is 29.6 Å². The lowest BCUT2D eigenvalue weighted by atomic mass is 9.83. The number of aromatic nitrogens is 1. The highest BCUT2D eigenvalue weighted by atomic mass is 32.1. The van der Waals surface area contributed by atoms with Crippen molar-refractivity contribution in [2.45, 2.75) is 32.1 Å². The molecule has 0 unspecified atom stereocenters. The van der Waals surface area contributed by atoms with Crippen LogP contribution in [-0.4, -0.2) is 17.6 Å². The topological polar surface area (TPSA) is 39.2 Å². The Balaban J connectivity index is 1.70. The molecule has 0 aliphatic heterocycles. The molecular formula is C20H17NO2S. The number of carbonyl (C=O) groups excluding carboxylic acids is 1. The number of carbonyl (C=O) groups is 1. The third-order valence-corrected chi connectivity index (χ3v) is 4.58. The average molecular weight is 335 g/mol. The van der Waals surface area contributed by atoms with E-state index in [1.807, 2.05) is 24.3 Å². The molecule has 0 amide bonds. The van der Waals surface area contributed by atoms with Crippen molar-refractivity contribution in [1.82, 2.24) is 4.98 Å². The highest BCUT2D eigenvalue weighted by Gasteiger charge is 2.21. The maximum atomic E-state index is 11.3. The van der Waals surface area contributed by atoms with Crippen LogP contribution in [0.3, 0.4) is 0 Å². The molecule has 120 valence electrons. The molecule has 1 fully saturated rings. The molecule has 3 nitrogen and oxygen atoms in total. The van der Waals surface area contributed by atoms with Gasteiger partial charge in [-0.3, -0.25) is 0 Å². The molecule has 4 heteroatoms. The van der Waals surface area contributed by atoms with Gasteiger partial charge in [0.05, 0.1) is 12.3 Å². The van der Waals surface area contributed by atoms with Crippen LogP contribution >= 0.6 is 11.3 Å². The molecule has 0 spiro atoms. The summed E-state index contributed by atoms with van der Waals surface area (Å²) < 4.78 is 4.79. The second-order valence-corrected chi connectivity index (χ2v) is 6.36. The summed E-state index contributed by atoms with van der Waals surface area (Å²) in [7, 11) is 0. The van der Waals surface area contributed by atoms with Crippen molar-refractivity contribution >= 4 is 17.3 Å². The molecule has 1 aliphatic carbocycles. The number of benzene rings is 1. The van der Waals surface area contributed by atoms with E-state index in [0.717, 1.165) is 16.1 Å². The van der Waals surface area contributed by atoms with Crippen molar-refractivity contribution in [3.8, 4) is 23.7 Å². The molecular weight excluding hydrogens is 318 g/mol. The summed E-state index contributed by atoms with van der Waals surface area (Å²) >= 11 is 1.60. The van der Waals surface area contributed by atoms with Gasteiger partial charge in [0, 0.05) is 28.3 Å². The minimum Gasteiger partial charge on any atom is -0.456 e. The van der Waals surface area contributed by atoms with Gasteiger partial charge in [-0.2, -0.15) is 0 Å². The van der Waals surface area contributed by atoms with Gasteiger partial charge >= 0.3 is 5.97 Å². The molecule has 1 aliphatic rings. The molecule has 1 aromatic heterocycles. The van der Waals surface area contributed by atoms with Gasteiger partial charge in [0.2, 0.25) is 0 Å². The van der Waals surface area contributed by atoms with Gasteiger partial charge in [-0.1, -0.05) is 24.3 Å². The van der Waals surface area contributed by atoms with Crippen LogP contribution in [0.25, 0.3) is 0 Å². The molecule has 0 N–H and O–H groups in total. The summed E-state index contributed by atoms with van der Waals surface area (Å²) in [6.45, 7) is 2.08. The maximum absolute atomic E-state index is 11.3. The second kappa shape index (κ2) is 7.81. The lowest BCUT2D eigenvalue weighted by Crippen LogP contribution is -2.08. The van der Waals surface area contributed by atoms with Crippen molar-refractivity contribution in [1.29, 1.82) is 0 Å². The standard InChI is InChI=1S/C20H17NO2S/c1-2-23-20(22)12-10-16-6-3-5-15(13-16)9-11-19-21-18(14-24-19)17-7-4-8-17/h3,5-6,13-14,17H,2,4,7-8H2,1H3. The van der Waals surface area contributed by atoms with E-state index in [0.29, 0.717) is 12.5 Å². The molecule has 24 heavy (non-hydrogen) atoms. The smallest absolute Gasteiger partial charge is 0.384 e. The molecule has 0 atom stereocenters. The molecule has 3 rings (SSSR count). The van der Waals surface area contributed by atoms with Crippen LogP contribution in [0.1, 0.15) is 53.9 Å². The number of hydrogen-bond donors (Lipinski definition) is 0. The van der Waals surface area contributed by atoms with Crippen molar-refractivity contribution in [2.24, 2.45) is 0 Å². The zero-order valence-electron chi connectivity index (χ0n) is 13.5. The third kappa shape index (κ3) is 4.25. The highest BCUT2D eigenvalue weighted by Crippen LogP contribution is 2.36. The minimum absolute atomic E-state index is 0.329. The first kappa shape index (κ1) is 16.3. The van der Waals surface area contributed by atoms with Gasteiger partial charge in [0.25, 0.3) is 0 Å². The van der Waals surface area contributed by atoms with Crippen molar-refractivity contribution in [3.63, 3.8) is 0 Å². The summed E-state index contributed by atoms with van der Waals surface area (Å²) in [5, 5.41) is 2.97. The fourth-order valence-corrected chi connectivity index (χ4v) is 3.07. The number of hydrogen-bond acceptors (Lipinski definition) is 4. The van der Waals surface area contributed by atoms with Crippen LogP contribution in [-0.2, 0) is 9.53 Å². The number of ether oxygens (including phenoxy) is 1. The van der Waals surface area contributed by atoms with E-state index in [4.69, 9.17) is 4.74 Å². The Morgan fingerprint density at radius 2 is 2.08 bits per heavy atom. The molecule has 0 bridgehead atoms. The number of nitrogens with zero attached hydrogens (tertiary/aromatic N) is 1. The lowest BCUT2D eigenvalue weighted by Gasteiger charge is -2.22. The van der Waals surface area contributed by atoms with Gasteiger partial charge in [-0.05, 0) is 43.9 Å². The SMILES string of the molecule is CCOC(=O)C#Cc1cccc(C#Cc2nc(C3CCC3)cs2)c1. The summed E-state index contributed by atoms with van der Waals surface area (Å²) in [6, 6.07) is 7.50. The van der Waals surface area contributed by atoms with Gasteiger partial charge < -0.3 is 4.74 Å². The number of rotatable bonds is 2. The Labute approximate surface area is 146 Å². The summed E-state index contributed by atoms with van der Waals surface area (Å²) in [5.41, 5.74) is 2.78.